The average molecular weight is 394 g/mol. The van der Waals surface area contributed by atoms with Crippen LogP contribution in [-0.2, 0) is 21.6 Å². The van der Waals surface area contributed by atoms with Gasteiger partial charge in [-0.2, -0.15) is 5.10 Å². The lowest BCUT2D eigenvalue weighted by molar-refractivity contribution is -0.129. The van der Waals surface area contributed by atoms with E-state index in [1.165, 1.54) is 0 Å². The minimum Gasteiger partial charge on any atom is -0.463 e. The molecule has 10 heteroatoms. The lowest BCUT2D eigenvalue weighted by Crippen LogP contribution is -2.15. The maximum atomic E-state index is 12.6. The number of carbonyl (C=O) groups excluding carboxylic acids is 2. The number of para-hydroxylation sites is 2. The normalized spacial score (nSPS) is 12.8. The third-order valence-electron chi connectivity index (χ3n) is 4.01. The van der Waals surface area contributed by atoms with E-state index >= 15 is 0 Å². The van der Waals surface area contributed by atoms with Crippen LogP contribution in [0.15, 0.2) is 38.9 Å². The molecule has 1 aromatic carbocycles. The van der Waals surface area contributed by atoms with Gasteiger partial charge in [0.1, 0.15) is 12.1 Å². The molecule has 0 spiro atoms. The number of carbonyl (C=O) groups is 2. The molecule has 0 radical (unpaired) electrons. The number of H-pyrrole nitrogens is 1. The number of ether oxygens (including phenoxy) is 1. The van der Waals surface area contributed by atoms with Crippen LogP contribution in [0.5, 0.6) is 0 Å². The number of benzene rings is 1. The van der Waals surface area contributed by atoms with Gasteiger partial charge in [-0.1, -0.05) is 38.0 Å². The molecule has 29 heavy (non-hydrogen) atoms. The summed E-state index contributed by atoms with van der Waals surface area (Å²) >= 11 is 0. The van der Waals surface area contributed by atoms with E-state index in [4.69, 9.17) is 15.7 Å². The Bertz CT molecular complexity index is 1080. The van der Waals surface area contributed by atoms with Gasteiger partial charge >= 0.3 is 11.9 Å². The van der Waals surface area contributed by atoms with Crippen LogP contribution in [0.25, 0.3) is 15.9 Å². The van der Waals surface area contributed by atoms with E-state index in [1.807, 2.05) is 20.8 Å². The summed E-state index contributed by atoms with van der Waals surface area (Å²) in [6.07, 6.45) is -1.47. The number of Topliss-reactive ketones (excluding diaryl/α,β-unsaturated/α-hetero) is 1. The van der Waals surface area contributed by atoms with Gasteiger partial charge in [-0.25, -0.2) is 11.6 Å². The fourth-order valence-electron chi connectivity index (χ4n) is 2.65. The predicted molar refractivity (Wildman–Crippen MR) is 101 cm³/mol. The van der Waals surface area contributed by atoms with Crippen LogP contribution in [0.2, 0.25) is 0 Å². The van der Waals surface area contributed by atoms with Crippen LogP contribution in [-0.4, -0.2) is 33.6 Å². The SMILES string of the molecule is [C-]#[N+]C(N=Nc1n[nH]c(C(C)(C)C)c1COC=O)C(=O)c1nc2ccccc2o1. The van der Waals surface area contributed by atoms with Gasteiger partial charge in [0.2, 0.25) is 5.82 Å². The van der Waals surface area contributed by atoms with Gasteiger partial charge in [0.25, 0.3) is 12.4 Å². The van der Waals surface area contributed by atoms with E-state index in [9.17, 15) is 9.59 Å². The molecule has 2 heterocycles. The van der Waals surface area contributed by atoms with Crippen molar-refractivity contribution in [2.24, 2.45) is 10.2 Å². The summed E-state index contributed by atoms with van der Waals surface area (Å²) in [5.74, 6) is -0.791. The highest BCUT2D eigenvalue weighted by atomic mass is 16.5. The molecule has 3 aromatic rings. The van der Waals surface area contributed by atoms with Crippen LogP contribution < -0.4 is 0 Å². The van der Waals surface area contributed by atoms with Crippen LogP contribution in [0.4, 0.5) is 5.82 Å². The molecule has 3 rings (SSSR count). The second-order valence-electron chi connectivity index (χ2n) is 7.13. The molecule has 0 saturated carbocycles. The Morgan fingerprint density at radius 2 is 2.17 bits per heavy atom. The molecule has 0 aliphatic rings. The standard InChI is InChI=1S/C19H18N6O4/c1-19(2,3)15-11(9-28-10-26)16(23-22-15)24-25-17(20-4)14(27)18-21-12-7-5-6-8-13(12)29-18/h5-8,10,17H,9H2,1-3H3,(H,22,23). The number of nitrogens with zero attached hydrogens (tertiary/aromatic N) is 5. The van der Waals surface area contributed by atoms with E-state index in [0.717, 1.165) is 0 Å². The maximum absolute atomic E-state index is 12.6. The Hall–Kier alpha value is -3.87. The van der Waals surface area contributed by atoms with E-state index in [2.05, 4.69) is 30.3 Å². The number of ketones is 1. The fourth-order valence-corrected chi connectivity index (χ4v) is 2.65. The lowest BCUT2D eigenvalue weighted by Gasteiger charge is -2.17. The Kier molecular flexibility index (Phi) is 5.50. The van der Waals surface area contributed by atoms with Crippen molar-refractivity contribution in [1.82, 2.24) is 15.2 Å². The monoisotopic (exact) mass is 394 g/mol. The third kappa shape index (κ3) is 4.19. The molecule has 1 atom stereocenters. The van der Waals surface area contributed by atoms with Crippen molar-refractivity contribution in [3.05, 3.63) is 52.8 Å². The van der Waals surface area contributed by atoms with Gasteiger partial charge in [0.05, 0.1) is 5.56 Å². The number of aromatic amines is 1. The first-order chi connectivity index (χ1) is 13.8. The topological polar surface area (TPSA) is 127 Å². The van der Waals surface area contributed by atoms with Crippen molar-refractivity contribution >= 4 is 29.2 Å². The zero-order valence-electron chi connectivity index (χ0n) is 16.0. The van der Waals surface area contributed by atoms with Gasteiger partial charge in [0, 0.05) is 11.1 Å². The summed E-state index contributed by atoms with van der Waals surface area (Å²) in [6.45, 7) is 13.4. The van der Waals surface area contributed by atoms with Gasteiger partial charge in [0.15, 0.2) is 5.58 Å². The summed E-state index contributed by atoms with van der Waals surface area (Å²) < 4.78 is 10.2. The van der Waals surface area contributed by atoms with Crippen molar-refractivity contribution < 1.29 is 18.7 Å². The van der Waals surface area contributed by atoms with E-state index in [-0.39, 0.29) is 23.7 Å². The molecule has 0 aliphatic heterocycles. The average Bonchev–Trinajstić information content (AvgIpc) is 3.30. The molecule has 148 valence electrons. The molecule has 0 fully saturated rings. The first kappa shape index (κ1) is 19.9. The number of aromatic nitrogens is 3. The van der Waals surface area contributed by atoms with Gasteiger partial charge in [-0.15, -0.1) is 5.11 Å². The minimum absolute atomic E-state index is 0.0667. The second-order valence-corrected chi connectivity index (χ2v) is 7.13. The lowest BCUT2D eigenvalue weighted by atomic mass is 9.89. The van der Waals surface area contributed by atoms with Crippen molar-refractivity contribution in [2.75, 3.05) is 0 Å². The molecular formula is C19H18N6O4. The molecular weight excluding hydrogens is 376 g/mol. The Morgan fingerprint density at radius 3 is 2.83 bits per heavy atom. The summed E-state index contributed by atoms with van der Waals surface area (Å²) in [5.41, 5.74) is 1.85. The quantitative estimate of drug-likeness (QED) is 0.281. The largest absolute Gasteiger partial charge is 0.463 e. The summed E-state index contributed by atoms with van der Waals surface area (Å²) in [5, 5.41) is 14.7. The number of hydrogen-bond acceptors (Lipinski definition) is 8. The van der Waals surface area contributed by atoms with Crippen molar-refractivity contribution in [2.45, 2.75) is 39.0 Å². The van der Waals surface area contributed by atoms with Gasteiger partial charge < -0.3 is 9.15 Å². The van der Waals surface area contributed by atoms with Gasteiger partial charge in [-0.05, 0) is 12.1 Å². The number of rotatable bonds is 7. The van der Waals surface area contributed by atoms with Crippen LogP contribution in [0, 0.1) is 6.57 Å². The summed E-state index contributed by atoms with van der Waals surface area (Å²) in [6, 6.07) is 6.88. The number of oxazole rings is 1. The molecule has 0 bridgehead atoms. The molecule has 0 aliphatic carbocycles. The smallest absolute Gasteiger partial charge is 0.400 e. The van der Waals surface area contributed by atoms with Crippen LogP contribution in [0.3, 0.4) is 0 Å². The molecule has 0 amide bonds. The third-order valence-corrected chi connectivity index (χ3v) is 4.01. The number of azo groups is 1. The molecule has 1 N–H and O–H groups in total. The number of fused-ring (bicyclic) bond motifs is 1. The predicted octanol–water partition coefficient (Wildman–Crippen LogP) is 3.73. The summed E-state index contributed by atoms with van der Waals surface area (Å²) in [4.78, 5) is 30.5. The van der Waals surface area contributed by atoms with E-state index < -0.39 is 11.9 Å². The van der Waals surface area contributed by atoms with Crippen LogP contribution >= 0.6 is 0 Å². The minimum atomic E-state index is -1.47. The van der Waals surface area contributed by atoms with Crippen molar-refractivity contribution in [3.63, 3.8) is 0 Å². The molecule has 2 aromatic heterocycles. The van der Waals surface area contributed by atoms with Crippen molar-refractivity contribution in [3.8, 4) is 0 Å². The highest BCUT2D eigenvalue weighted by Gasteiger charge is 2.30. The van der Waals surface area contributed by atoms with Gasteiger partial charge in [-0.3, -0.25) is 19.5 Å². The number of hydrogen-bond donors (Lipinski definition) is 1. The molecule has 1 unspecified atom stereocenters. The van der Waals surface area contributed by atoms with Crippen molar-refractivity contribution in [1.29, 1.82) is 0 Å². The molecule has 0 saturated heterocycles. The fraction of sp³-hybridized carbons (Fsp3) is 0.316. The summed E-state index contributed by atoms with van der Waals surface area (Å²) in [7, 11) is 0. The Morgan fingerprint density at radius 1 is 1.41 bits per heavy atom. The number of nitrogens with one attached hydrogen (secondary N) is 1. The zero-order valence-corrected chi connectivity index (χ0v) is 16.0. The maximum Gasteiger partial charge on any atom is 0.400 e. The first-order valence-electron chi connectivity index (χ1n) is 8.65. The Labute approximate surface area is 165 Å². The first-order valence-corrected chi connectivity index (χ1v) is 8.65. The highest BCUT2D eigenvalue weighted by Crippen LogP contribution is 2.30. The highest BCUT2D eigenvalue weighted by molar-refractivity contribution is 5.98. The van der Waals surface area contributed by atoms with Crippen LogP contribution in [0.1, 0.15) is 42.7 Å². The molecule has 10 nitrogen and oxygen atoms in total. The Balaban J connectivity index is 1.88. The second kappa shape index (κ2) is 8.02. The van der Waals surface area contributed by atoms with E-state index in [0.29, 0.717) is 28.8 Å². The van der Waals surface area contributed by atoms with E-state index in [1.54, 1.807) is 24.3 Å². The zero-order chi connectivity index (χ0) is 21.0.